The molecule has 0 aromatic heterocycles. The first kappa shape index (κ1) is 14.7. The molecular weight excluding hydrogens is 295 g/mol. The Balaban J connectivity index is 1.86. The van der Waals surface area contributed by atoms with Gasteiger partial charge in [0, 0.05) is 12.6 Å². The Morgan fingerprint density at radius 2 is 1.89 bits per heavy atom. The number of carbonyl (C=O) groups is 1. The normalized spacial score (nSPS) is 29.7. The van der Waals surface area contributed by atoms with Crippen LogP contribution in [0.15, 0.2) is 0 Å². The van der Waals surface area contributed by atoms with Gasteiger partial charge in [-0.2, -0.15) is 0 Å². The average Bonchev–Trinajstić information content (AvgIpc) is 2.34. The molecule has 2 aliphatic heterocycles. The van der Waals surface area contributed by atoms with Crippen LogP contribution in [0.4, 0.5) is 0 Å². The lowest BCUT2D eigenvalue weighted by molar-refractivity contribution is -0.120. The Kier molecular flexibility index (Phi) is 5.04. The maximum absolute atomic E-state index is 11.5. The van der Waals surface area contributed by atoms with Crippen molar-refractivity contribution in [2.24, 2.45) is 5.92 Å². The molecule has 104 valence electrons. The highest BCUT2D eigenvalue weighted by Crippen LogP contribution is 2.31. The molecule has 0 radical (unpaired) electrons. The van der Waals surface area contributed by atoms with Gasteiger partial charge in [0.2, 0.25) is 0 Å². The number of nitrogens with one attached hydrogen (secondary N) is 1. The summed E-state index contributed by atoms with van der Waals surface area (Å²) in [5.41, 5.74) is 0. The summed E-state index contributed by atoms with van der Waals surface area (Å²) in [6.07, 6.45) is 6.17. The molecule has 1 amide bonds. The molecule has 2 saturated heterocycles. The molecule has 2 heterocycles. The quantitative estimate of drug-likeness (QED) is 0.795. The van der Waals surface area contributed by atoms with E-state index in [1.54, 1.807) is 0 Å². The van der Waals surface area contributed by atoms with Crippen molar-refractivity contribution in [1.82, 2.24) is 10.2 Å². The monoisotopic (exact) mass is 312 g/mol. The number of fused-ring (bicyclic) bond motifs is 1. The third-order valence-corrected chi connectivity index (χ3v) is 4.53. The van der Waals surface area contributed by atoms with Gasteiger partial charge in [0.25, 0.3) is 9.70 Å². The minimum atomic E-state index is -1.85. The molecule has 0 aliphatic carbocycles. The SMILES string of the molecule is O=C(NCC1CCCN2CCCCC12)C(Cl)(Cl)Cl. The van der Waals surface area contributed by atoms with Gasteiger partial charge in [0.1, 0.15) is 0 Å². The van der Waals surface area contributed by atoms with Crippen molar-refractivity contribution in [1.29, 1.82) is 0 Å². The number of carbonyl (C=O) groups excluding carboxylic acids is 1. The lowest BCUT2D eigenvalue weighted by Crippen LogP contribution is -2.51. The highest BCUT2D eigenvalue weighted by Gasteiger charge is 2.35. The Morgan fingerprint density at radius 1 is 1.17 bits per heavy atom. The number of hydrogen-bond acceptors (Lipinski definition) is 2. The van der Waals surface area contributed by atoms with Gasteiger partial charge in [-0.05, 0) is 44.7 Å². The van der Waals surface area contributed by atoms with E-state index in [4.69, 9.17) is 34.8 Å². The van der Waals surface area contributed by atoms with Crippen molar-refractivity contribution in [3.63, 3.8) is 0 Å². The van der Waals surface area contributed by atoms with Crippen molar-refractivity contribution in [3.8, 4) is 0 Å². The first-order chi connectivity index (χ1) is 8.48. The van der Waals surface area contributed by atoms with E-state index in [9.17, 15) is 4.79 Å². The Bertz CT molecular complexity index is 304. The fourth-order valence-corrected chi connectivity index (χ4v) is 3.34. The van der Waals surface area contributed by atoms with E-state index in [-0.39, 0.29) is 0 Å². The van der Waals surface area contributed by atoms with Gasteiger partial charge in [-0.3, -0.25) is 4.79 Å². The maximum atomic E-state index is 11.5. The lowest BCUT2D eigenvalue weighted by Gasteiger charge is -2.44. The smallest absolute Gasteiger partial charge is 0.272 e. The van der Waals surface area contributed by atoms with E-state index in [0.717, 1.165) is 6.42 Å². The number of halogens is 3. The summed E-state index contributed by atoms with van der Waals surface area (Å²) in [6, 6.07) is 0.600. The molecule has 0 aromatic carbocycles. The number of alkyl halides is 3. The molecule has 0 aromatic rings. The van der Waals surface area contributed by atoms with E-state index >= 15 is 0 Å². The summed E-state index contributed by atoms with van der Waals surface area (Å²) in [5, 5.41) is 2.76. The van der Waals surface area contributed by atoms with E-state index in [0.29, 0.717) is 18.5 Å². The fraction of sp³-hybridized carbons (Fsp3) is 0.917. The zero-order chi connectivity index (χ0) is 13.2. The van der Waals surface area contributed by atoms with Gasteiger partial charge in [0.15, 0.2) is 0 Å². The minimum Gasteiger partial charge on any atom is -0.352 e. The largest absolute Gasteiger partial charge is 0.352 e. The van der Waals surface area contributed by atoms with Gasteiger partial charge >= 0.3 is 0 Å². The number of hydrogen-bond donors (Lipinski definition) is 1. The summed E-state index contributed by atoms with van der Waals surface area (Å²) in [7, 11) is 0. The molecule has 18 heavy (non-hydrogen) atoms. The van der Waals surface area contributed by atoms with Crippen LogP contribution in [0, 0.1) is 5.92 Å². The summed E-state index contributed by atoms with van der Waals surface area (Å²) in [4.78, 5) is 14.1. The number of nitrogens with zero attached hydrogens (tertiary/aromatic N) is 1. The van der Waals surface area contributed by atoms with Gasteiger partial charge in [0.05, 0.1) is 0 Å². The summed E-state index contributed by atoms with van der Waals surface area (Å²) < 4.78 is -1.85. The van der Waals surface area contributed by atoms with Crippen molar-refractivity contribution >= 4 is 40.7 Å². The Hall–Kier alpha value is 0.300. The molecule has 1 N–H and O–H groups in total. The number of amides is 1. The molecule has 2 atom stereocenters. The molecular formula is C12H19Cl3N2O. The topological polar surface area (TPSA) is 32.3 Å². The van der Waals surface area contributed by atoms with E-state index in [2.05, 4.69) is 10.2 Å². The van der Waals surface area contributed by atoms with Gasteiger partial charge in [-0.25, -0.2) is 0 Å². The second-order valence-electron chi connectivity index (χ2n) is 5.21. The van der Waals surface area contributed by atoms with Crippen LogP contribution in [-0.4, -0.2) is 40.3 Å². The number of piperidine rings is 2. The molecule has 3 nitrogen and oxygen atoms in total. The third kappa shape index (κ3) is 3.66. The second kappa shape index (κ2) is 6.17. The van der Waals surface area contributed by atoms with Gasteiger partial charge < -0.3 is 10.2 Å². The second-order valence-corrected chi connectivity index (χ2v) is 7.49. The Labute approximate surface area is 123 Å². The van der Waals surface area contributed by atoms with Crippen LogP contribution >= 0.6 is 34.8 Å². The third-order valence-electron chi connectivity index (χ3n) is 4.01. The highest BCUT2D eigenvalue weighted by molar-refractivity contribution is 6.76. The molecule has 0 spiro atoms. The number of rotatable bonds is 2. The predicted molar refractivity (Wildman–Crippen MR) is 75.2 cm³/mol. The first-order valence-corrected chi connectivity index (χ1v) is 7.71. The lowest BCUT2D eigenvalue weighted by atomic mass is 9.83. The van der Waals surface area contributed by atoms with E-state index in [1.807, 2.05) is 0 Å². The first-order valence-electron chi connectivity index (χ1n) is 6.57. The summed E-state index contributed by atoms with van der Waals surface area (Å²) in [5.74, 6) is -0.0178. The molecule has 0 saturated carbocycles. The minimum absolute atomic E-state index is 0.496. The summed E-state index contributed by atoms with van der Waals surface area (Å²) in [6.45, 7) is 3.01. The van der Waals surface area contributed by atoms with Crippen LogP contribution in [-0.2, 0) is 4.79 Å². The fourth-order valence-electron chi connectivity index (χ4n) is 3.14. The van der Waals surface area contributed by atoms with Crippen molar-refractivity contribution < 1.29 is 4.79 Å². The van der Waals surface area contributed by atoms with Gasteiger partial charge in [-0.1, -0.05) is 41.2 Å². The van der Waals surface area contributed by atoms with E-state index in [1.165, 1.54) is 38.8 Å². The van der Waals surface area contributed by atoms with Crippen LogP contribution in [0.5, 0.6) is 0 Å². The van der Waals surface area contributed by atoms with Crippen LogP contribution in [0.25, 0.3) is 0 Å². The van der Waals surface area contributed by atoms with Crippen molar-refractivity contribution in [2.75, 3.05) is 19.6 Å². The molecule has 2 aliphatic rings. The average molecular weight is 314 g/mol. The highest BCUT2D eigenvalue weighted by atomic mass is 35.6. The maximum Gasteiger partial charge on any atom is 0.272 e. The molecule has 6 heteroatoms. The predicted octanol–water partition coefficient (Wildman–Crippen LogP) is 2.74. The van der Waals surface area contributed by atoms with E-state index < -0.39 is 9.70 Å². The molecule has 2 unspecified atom stereocenters. The molecule has 2 fully saturated rings. The Morgan fingerprint density at radius 3 is 2.61 bits per heavy atom. The van der Waals surface area contributed by atoms with Crippen LogP contribution < -0.4 is 5.32 Å². The zero-order valence-corrected chi connectivity index (χ0v) is 12.6. The molecule has 0 bridgehead atoms. The van der Waals surface area contributed by atoms with Gasteiger partial charge in [-0.15, -0.1) is 0 Å². The van der Waals surface area contributed by atoms with Crippen molar-refractivity contribution in [2.45, 2.75) is 41.9 Å². The molecule has 2 rings (SSSR count). The van der Waals surface area contributed by atoms with Crippen LogP contribution in [0.2, 0.25) is 0 Å². The van der Waals surface area contributed by atoms with Crippen LogP contribution in [0.3, 0.4) is 0 Å². The standard InChI is InChI=1S/C12H19Cl3N2O/c13-12(14,15)11(18)16-8-9-4-3-7-17-6-2-1-5-10(9)17/h9-10H,1-8H2,(H,16,18). The van der Waals surface area contributed by atoms with Crippen molar-refractivity contribution in [3.05, 3.63) is 0 Å². The van der Waals surface area contributed by atoms with Crippen LogP contribution in [0.1, 0.15) is 32.1 Å². The summed E-state index contributed by atoms with van der Waals surface area (Å²) >= 11 is 16.6. The zero-order valence-electron chi connectivity index (χ0n) is 10.3.